The number of anilines is 2. The zero-order valence-corrected chi connectivity index (χ0v) is 25.7. The van der Waals surface area contributed by atoms with E-state index in [2.05, 4.69) is 64.7 Å². The second-order valence-electron chi connectivity index (χ2n) is 10.6. The molecule has 0 fully saturated rings. The molecule has 0 atom stereocenters. The van der Waals surface area contributed by atoms with Crippen LogP contribution >= 0.6 is 12.2 Å². The number of hydrogen-bond acceptors (Lipinski definition) is 6. The number of carbonyl (C=O) groups is 1. The van der Waals surface area contributed by atoms with Crippen molar-refractivity contribution >= 4 is 45.7 Å². The van der Waals surface area contributed by atoms with Gasteiger partial charge in [0.05, 0.1) is 35.1 Å². The topological polar surface area (TPSA) is 89.4 Å². The minimum atomic E-state index is -0.379. The molecule has 3 aromatic carbocycles. The Morgan fingerprint density at radius 3 is 2.57 bits per heavy atom. The fourth-order valence-corrected chi connectivity index (χ4v) is 5.00. The summed E-state index contributed by atoms with van der Waals surface area (Å²) in [6.45, 7) is 7.33. The largest absolute Gasteiger partial charge is 0.465 e. The monoisotopic (exact) mass is 587 g/mol. The number of ether oxygens (including phenoxy) is 2. The summed E-state index contributed by atoms with van der Waals surface area (Å²) in [7, 11) is 3.09. The Labute approximate surface area is 253 Å². The fourth-order valence-electron chi connectivity index (χ4n) is 4.79. The predicted molar refractivity (Wildman–Crippen MR) is 175 cm³/mol. The number of esters is 1. The maximum Gasteiger partial charge on any atom is 0.337 e. The van der Waals surface area contributed by atoms with Gasteiger partial charge in [-0.15, -0.1) is 0 Å². The van der Waals surface area contributed by atoms with Crippen LogP contribution in [0.1, 0.15) is 42.6 Å². The minimum Gasteiger partial charge on any atom is -0.465 e. The molecule has 222 valence electrons. The number of nitrogens with one attached hydrogen (secondary N) is 3. The number of para-hydroxylation sites is 1. The molecule has 1 heterocycles. The minimum absolute atomic E-state index is 0.379. The highest BCUT2D eigenvalue weighted by atomic mass is 32.1. The molecule has 0 aliphatic rings. The molecule has 42 heavy (non-hydrogen) atoms. The zero-order valence-electron chi connectivity index (χ0n) is 24.9. The second-order valence-corrected chi connectivity index (χ2v) is 11.0. The molecule has 0 amide bonds. The van der Waals surface area contributed by atoms with Crippen LogP contribution in [0.4, 0.5) is 11.4 Å². The highest BCUT2D eigenvalue weighted by Gasteiger charge is 2.20. The molecule has 0 saturated carbocycles. The quantitative estimate of drug-likeness (QED) is 0.0874. The van der Waals surface area contributed by atoms with E-state index >= 15 is 0 Å². The van der Waals surface area contributed by atoms with Crippen LogP contribution in [0, 0.1) is 5.92 Å². The lowest BCUT2D eigenvalue weighted by Gasteiger charge is -2.20. The normalized spacial score (nSPS) is 11.1. The van der Waals surface area contributed by atoms with E-state index in [1.165, 1.54) is 12.7 Å². The van der Waals surface area contributed by atoms with E-state index in [0.717, 1.165) is 66.1 Å². The van der Waals surface area contributed by atoms with E-state index in [9.17, 15) is 4.79 Å². The van der Waals surface area contributed by atoms with Gasteiger partial charge in [-0.1, -0.05) is 50.2 Å². The second kappa shape index (κ2) is 15.3. The average Bonchev–Trinajstić information content (AvgIpc) is 3.36. The van der Waals surface area contributed by atoms with Crippen molar-refractivity contribution in [2.75, 3.05) is 44.5 Å². The summed E-state index contributed by atoms with van der Waals surface area (Å²) in [5.74, 6) is 0.969. The number of imidazole rings is 1. The molecule has 4 rings (SSSR count). The Morgan fingerprint density at radius 2 is 1.83 bits per heavy atom. The van der Waals surface area contributed by atoms with Crippen molar-refractivity contribution in [1.82, 2.24) is 14.9 Å². The van der Waals surface area contributed by atoms with Gasteiger partial charge in [0, 0.05) is 38.9 Å². The van der Waals surface area contributed by atoms with Gasteiger partial charge < -0.3 is 30.0 Å². The maximum atomic E-state index is 12.3. The van der Waals surface area contributed by atoms with Gasteiger partial charge in [0.2, 0.25) is 0 Å². The van der Waals surface area contributed by atoms with Crippen molar-refractivity contribution in [1.29, 1.82) is 0 Å². The third-order valence-corrected chi connectivity index (χ3v) is 7.27. The molecule has 0 unspecified atom stereocenters. The van der Waals surface area contributed by atoms with Crippen LogP contribution in [-0.2, 0) is 22.4 Å². The number of nitrogens with zero attached hydrogens (tertiary/aromatic N) is 2. The van der Waals surface area contributed by atoms with Gasteiger partial charge in [-0.3, -0.25) is 0 Å². The Balaban J connectivity index is 1.75. The molecule has 0 spiro atoms. The molecule has 0 aliphatic heterocycles. The lowest BCUT2D eigenvalue weighted by atomic mass is 10.1. The molecular formula is C33H41N5O3S. The number of fused-ring (bicyclic) bond motifs is 1. The van der Waals surface area contributed by atoms with E-state index < -0.39 is 0 Å². The molecule has 0 saturated heterocycles. The van der Waals surface area contributed by atoms with Crippen LogP contribution in [0.25, 0.3) is 22.4 Å². The van der Waals surface area contributed by atoms with Crippen LogP contribution in [0.5, 0.6) is 0 Å². The number of aromatic nitrogens is 2. The van der Waals surface area contributed by atoms with E-state index in [1.54, 1.807) is 19.2 Å². The first-order chi connectivity index (χ1) is 20.4. The van der Waals surface area contributed by atoms with Crippen LogP contribution < -0.4 is 16.0 Å². The van der Waals surface area contributed by atoms with Crippen molar-refractivity contribution in [3.63, 3.8) is 0 Å². The first kappa shape index (κ1) is 31.0. The summed E-state index contributed by atoms with van der Waals surface area (Å²) in [5.41, 5.74) is 6.20. The van der Waals surface area contributed by atoms with Gasteiger partial charge in [0.15, 0.2) is 5.11 Å². The number of thiocarbonyl (C=S) groups is 1. The summed E-state index contributed by atoms with van der Waals surface area (Å²) >= 11 is 5.64. The third kappa shape index (κ3) is 8.08. The first-order valence-corrected chi connectivity index (χ1v) is 14.9. The fraction of sp³-hybridized carbons (Fsp3) is 0.364. The number of aryl methyl sites for hydroxylation is 1. The van der Waals surface area contributed by atoms with Crippen LogP contribution in [0.15, 0.2) is 66.7 Å². The Morgan fingerprint density at radius 1 is 1.02 bits per heavy atom. The van der Waals surface area contributed by atoms with E-state index in [1.807, 2.05) is 24.3 Å². The Hall–Kier alpha value is -3.95. The van der Waals surface area contributed by atoms with Gasteiger partial charge in [-0.25, -0.2) is 9.78 Å². The molecule has 0 aliphatic carbocycles. The number of carbonyl (C=O) groups excluding carboxylic acids is 1. The molecule has 0 radical (unpaired) electrons. The molecule has 8 nitrogen and oxygen atoms in total. The van der Waals surface area contributed by atoms with E-state index in [0.29, 0.717) is 29.7 Å². The van der Waals surface area contributed by atoms with E-state index in [4.69, 9.17) is 26.7 Å². The average molecular weight is 588 g/mol. The number of benzene rings is 3. The highest BCUT2D eigenvalue weighted by Crippen LogP contribution is 2.36. The van der Waals surface area contributed by atoms with Crippen LogP contribution in [0.2, 0.25) is 0 Å². The Bertz CT molecular complexity index is 1490. The van der Waals surface area contributed by atoms with Crippen molar-refractivity contribution in [2.24, 2.45) is 5.92 Å². The summed E-state index contributed by atoms with van der Waals surface area (Å²) in [6.07, 6.45) is 2.70. The van der Waals surface area contributed by atoms with Gasteiger partial charge in [0.25, 0.3) is 0 Å². The highest BCUT2D eigenvalue weighted by molar-refractivity contribution is 7.80. The van der Waals surface area contributed by atoms with Crippen molar-refractivity contribution in [3.8, 4) is 11.4 Å². The lowest BCUT2D eigenvalue weighted by Crippen LogP contribution is -2.30. The maximum absolute atomic E-state index is 12.3. The molecule has 9 heteroatoms. The summed E-state index contributed by atoms with van der Waals surface area (Å²) in [5, 5.41) is 10.9. The SMILES string of the molecule is COCCCNC(=S)Nc1cccc(-c2nc3cc(C(=O)OC)ccc3n2CCC(C)C)c1NCCc1ccccc1. The predicted octanol–water partition coefficient (Wildman–Crippen LogP) is 6.51. The zero-order chi connectivity index (χ0) is 29.9. The van der Waals surface area contributed by atoms with Crippen molar-refractivity contribution < 1.29 is 14.3 Å². The lowest BCUT2D eigenvalue weighted by molar-refractivity contribution is 0.0601. The molecule has 1 aromatic heterocycles. The standard InChI is InChI=1S/C33H41N5O3S/c1-23(2)17-20-38-29-15-14-25(32(39)41-4)22-28(29)36-31(38)26-12-8-13-27(37-33(42)35-18-9-21-40-3)30(26)34-19-16-24-10-6-5-7-11-24/h5-8,10-15,22-23,34H,9,16-21H2,1-4H3,(H2,35,37,42). The van der Waals surface area contributed by atoms with Crippen molar-refractivity contribution in [2.45, 2.75) is 39.7 Å². The van der Waals surface area contributed by atoms with Crippen LogP contribution in [0.3, 0.4) is 0 Å². The number of rotatable bonds is 14. The third-order valence-electron chi connectivity index (χ3n) is 7.02. The van der Waals surface area contributed by atoms with Crippen molar-refractivity contribution in [3.05, 3.63) is 77.9 Å². The van der Waals surface area contributed by atoms with Gasteiger partial charge in [0.1, 0.15) is 5.82 Å². The van der Waals surface area contributed by atoms with Crippen LogP contribution in [-0.4, -0.2) is 54.5 Å². The number of methoxy groups -OCH3 is 2. The molecule has 0 bridgehead atoms. The van der Waals surface area contributed by atoms with Gasteiger partial charge >= 0.3 is 5.97 Å². The smallest absolute Gasteiger partial charge is 0.337 e. The Kier molecular flexibility index (Phi) is 11.3. The summed E-state index contributed by atoms with van der Waals surface area (Å²) in [4.78, 5) is 17.4. The first-order valence-electron chi connectivity index (χ1n) is 14.4. The number of hydrogen-bond donors (Lipinski definition) is 3. The summed E-state index contributed by atoms with van der Waals surface area (Å²) < 4.78 is 12.4. The van der Waals surface area contributed by atoms with Gasteiger partial charge in [-0.2, -0.15) is 0 Å². The van der Waals surface area contributed by atoms with E-state index in [-0.39, 0.29) is 5.97 Å². The molecule has 3 N–H and O–H groups in total. The molecule has 4 aromatic rings. The molecular weight excluding hydrogens is 546 g/mol. The summed E-state index contributed by atoms with van der Waals surface area (Å²) in [6, 6.07) is 22.1. The van der Waals surface area contributed by atoms with Gasteiger partial charge in [-0.05, 0) is 73.3 Å².